The summed E-state index contributed by atoms with van der Waals surface area (Å²) >= 11 is 0. The first kappa shape index (κ1) is 21.8. The smallest absolute Gasteiger partial charge is 0.223 e. The van der Waals surface area contributed by atoms with E-state index in [0.717, 1.165) is 37.1 Å². The van der Waals surface area contributed by atoms with Gasteiger partial charge in [0.1, 0.15) is 0 Å². The molecule has 6 heteroatoms. The number of aromatic nitrogens is 2. The van der Waals surface area contributed by atoms with E-state index in [9.17, 15) is 9.59 Å². The Morgan fingerprint density at radius 1 is 0.844 bits per heavy atom. The Hall–Kier alpha value is -3.38. The van der Waals surface area contributed by atoms with E-state index in [2.05, 4.69) is 21.4 Å². The van der Waals surface area contributed by atoms with Crippen LogP contribution in [0.4, 0.5) is 0 Å². The van der Waals surface area contributed by atoms with Crippen molar-refractivity contribution in [2.45, 2.75) is 38.8 Å². The van der Waals surface area contributed by atoms with E-state index >= 15 is 0 Å². The fraction of sp³-hybridized carbons (Fsp3) is 0.308. The second-order valence-corrected chi connectivity index (χ2v) is 8.13. The van der Waals surface area contributed by atoms with Gasteiger partial charge in [-0.3, -0.25) is 19.6 Å². The van der Waals surface area contributed by atoms with Gasteiger partial charge in [0.2, 0.25) is 5.91 Å². The first-order valence-electron chi connectivity index (χ1n) is 11.1. The molecule has 0 saturated carbocycles. The van der Waals surface area contributed by atoms with Gasteiger partial charge < -0.3 is 10.2 Å². The van der Waals surface area contributed by atoms with Crippen molar-refractivity contribution in [1.82, 2.24) is 20.2 Å². The maximum absolute atomic E-state index is 13.1. The average molecular weight is 429 g/mol. The van der Waals surface area contributed by atoms with Crippen LogP contribution in [0.15, 0.2) is 67.3 Å². The molecule has 0 spiro atoms. The Balaban J connectivity index is 1.42. The minimum absolute atomic E-state index is 0.0149. The molecule has 164 valence electrons. The molecule has 0 bridgehead atoms. The van der Waals surface area contributed by atoms with Gasteiger partial charge in [-0.05, 0) is 66.4 Å². The van der Waals surface area contributed by atoms with Crippen LogP contribution < -0.4 is 5.32 Å². The van der Waals surface area contributed by atoms with Gasteiger partial charge in [0.15, 0.2) is 5.78 Å². The number of hydrogen-bond donors (Lipinski definition) is 1. The van der Waals surface area contributed by atoms with Crippen LogP contribution in [0.3, 0.4) is 0 Å². The molecule has 0 aliphatic carbocycles. The van der Waals surface area contributed by atoms with E-state index in [4.69, 9.17) is 0 Å². The lowest BCUT2D eigenvalue weighted by Crippen LogP contribution is -2.30. The number of pyridine rings is 2. The summed E-state index contributed by atoms with van der Waals surface area (Å²) in [5.74, 6) is -0.0360. The zero-order chi connectivity index (χ0) is 22.2. The second-order valence-electron chi connectivity index (χ2n) is 8.13. The maximum atomic E-state index is 13.1. The highest BCUT2D eigenvalue weighted by atomic mass is 16.2. The van der Waals surface area contributed by atoms with Crippen molar-refractivity contribution in [3.8, 4) is 0 Å². The Morgan fingerprint density at radius 3 is 2.12 bits per heavy atom. The molecule has 0 saturated heterocycles. The molecule has 1 aliphatic heterocycles. The third-order valence-corrected chi connectivity index (χ3v) is 5.78. The standard InChI is InChI=1S/C26H28N4O2/c31-25(24-6-5-22-9-13-27-14-10-23(22)15-24)7-8-26(32)30(18-20-3-1-11-28-16-20)19-21-4-2-12-29-17-21/h1-6,11-12,15-17,27H,7-10,13-14,18-19H2. The molecule has 0 radical (unpaired) electrons. The molecule has 1 aromatic carbocycles. The Kier molecular flexibility index (Phi) is 7.35. The van der Waals surface area contributed by atoms with Crippen LogP contribution >= 0.6 is 0 Å². The van der Waals surface area contributed by atoms with Gasteiger partial charge in [0.05, 0.1) is 0 Å². The Morgan fingerprint density at radius 2 is 1.50 bits per heavy atom. The van der Waals surface area contributed by atoms with Gasteiger partial charge in [-0.2, -0.15) is 0 Å². The van der Waals surface area contributed by atoms with Crippen molar-refractivity contribution in [1.29, 1.82) is 0 Å². The number of rotatable bonds is 8. The lowest BCUT2D eigenvalue weighted by molar-refractivity contribution is -0.132. The fourth-order valence-electron chi connectivity index (χ4n) is 4.03. The van der Waals surface area contributed by atoms with Crippen molar-refractivity contribution in [2.24, 2.45) is 0 Å². The molecule has 6 nitrogen and oxygen atoms in total. The lowest BCUT2D eigenvalue weighted by atomic mass is 9.97. The number of carbonyl (C=O) groups is 2. The Labute approximate surface area is 188 Å². The van der Waals surface area contributed by atoms with Crippen molar-refractivity contribution in [2.75, 3.05) is 13.1 Å². The van der Waals surface area contributed by atoms with Crippen molar-refractivity contribution in [3.63, 3.8) is 0 Å². The molecular formula is C26H28N4O2. The van der Waals surface area contributed by atoms with Gasteiger partial charge in [0.25, 0.3) is 0 Å². The molecule has 0 atom stereocenters. The minimum atomic E-state index is -0.0509. The normalized spacial score (nSPS) is 13.1. The molecular weight excluding hydrogens is 400 g/mol. The van der Waals surface area contributed by atoms with Crippen LogP contribution in [0.25, 0.3) is 0 Å². The molecule has 32 heavy (non-hydrogen) atoms. The molecule has 0 fully saturated rings. The highest BCUT2D eigenvalue weighted by Gasteiger charge is 2.18. The molecule has 1 aliphatic rings. The van der Waals surface area contributed by atoms with Crippen LogP contribution in [-0.2, 0) is 30.7 Å². The van der Waals surface area contributed by atoms with Crippen molar-refractivity contribution >= 4 is 11.7 Å². The van der Waals surface area contributed by atoms with Gasteiger partial charge in [-0.15, -0.1) is 0 Å². The molecule has 2 aromatic heterocycles. The predicted molar refractivity (Wildman–Crippen MR) is 123 cm³/mol. The second kappa shape index (κ2) is 10.8. The molecule has 3 aromatic rings. The maximum Gasteiger partial charge on any atom is 0.223 e. The summed E-state index contributed by atoms with van der Waals surface area (Å²) < 4.78 is 0. The summed E-state index contributed by atoms with van der Waals surface area (Å²) in [5.41, 5.74) is 5.15. The van der Waals surface area contributed by atoms with E-state index in [1.54, 1.807) is 29.7 Å². The van der Waals surface area contributed by atoms with Crippen LogP contribution in [0, 0.1) is 0 Å². The monoisotopic (exact) mass is 428 g/mol. The molecule has 1 amide bonds. The topological polar surface area (TPSA) is 75.2 Å². The first-order valence-corrected chi connectivity index (χ1v) is 11.1. The molecule has 3 heterocycles. The van der Waals surface area contributed by atoms with Gasteiger partial charge in [-0.1, -0.05) is 24.3 Å². The minimum Gasteiger partial charge on any atom is -0.334 e. The Bertz CT molecular complexity index is 1010. The number of nitrogens with zero attached hydrogens (tertiary/aromatic N) is 3. The number of fused-ring (bicyclic) bond motifs is 1. The predicted octanol–water partition coefficient (Wildman–Crippen LogP) is 3.36. The lowest BCUT2D eigenvalue weighted by Gasteiger charge is -2.23. The van der Waals surface area contributed by atoms with Gasteiger partial charge in [-0.25, -0.2) is 0 Å². The highest BCUT2D eigenvalue weighted by molar-refractivity contribution is 5.98. The van der Waals surface area contributed by atoms with Crippen molar-refractivity contribution in [3.05, 3.63) is 95.1 Å². The molecule has 4 rings (SSSR count). The van der Waals surface area contributed by atoms with E-state index in [0.29, 0.717) is 18.7 Å². The summed E-state index contributed by atoms with van der Waals surface area (Å²) in [6.45, 7) is 2.79. The number of Topliss-reactive ketones (excluding diaryl/α,β-unsaturated/α-hetero) is 1. The average Bonchev–Trinajstić information content (AvgIpc) is 3.08. The van der Waals surface area contributed by atoms with Gasteiger partial charge in [0, 0.05) is 56.3 Å². The number of carbonyl (C=O) groups excluding carboxylic acids is 2. The number of hydrogen-bond acceptors (Lipinski definition) is 5. The number of nitrogens with one attached hydrogen (secondary N) is 1. The fourth-order valence-corrected chi connectivity index (χ4v) is 4.03. The van der Waals surface area contributed by atoms with E-state index < -0.39 is 0 Å². The summed E-state index contributed by atoms with van der Waals surface area (Å²) in [4.78, 5) is 36.0. The zero-order valence-electron chi connectivity index (χ0n) is 18.2. The highest BCUT2D eigenvalue weighted by Crippen LogP contribution is 2.18. The van der Waals surface area contributed by atoms with E-state index in [1.807, 2.05) is 36.4 Å². The van der Waals surface area contributed by atoms with Crippen LogP contribution in [0.2, 0.25) is 0 Å². The van der Waals surface area contributed by atoms with E-state index in [1.165, 1.54) is 11.1 Å². The van der Waals surface area contributed by atoms with Crippen molar-refractivity contribution < 1.29 is 9.59 Å². The largest absolute Gasteiger partial charge is 0.334 e. The zero-order valence-corrected chi connectivity index (χ0v) is 18.2. The number of ketones is 1. The summed E-state index contributed by atoms with van der Waals surface area (Å²) in [5, 5.41) is 3.39. The van der Waals surface area contributed by atoms with E-state index in [-0.39, 0.29) is 24.5 Å². The van der Waals surface area contributed by atoms with Crippen LogP contribution in [-0.4, -0.2) is 39.6 Å². The third kappa shape index (κ3) is 5.86. The van der Waals surface area contributed by atoms with Gasteiger partial charge >= 0.3 is 0 Å². The number of benzene rings is 1. The molecule has 0 unspecified atom stereocenters. The summed E-state index contributed by atoms with van der Waals surface area (Å²) in [6.07, 6.45) is 9.25. The first-order chi connectivity index (χ1) is 15.7. The summed E-state index contributed by atoms with van der Waals surface area (Å²) in [6, 6.07) is 13.6. The molecule has 1 N–H and O–H groups in total. The quantitative estimate of drug-likeness (QED) is 0.557. The summed E-state index contributed by atoms with van der Waals surface area (Å²) in [7, 11) is 0. The SMILES string of the molecule is O=C(CCC(=O)N(Cc1cccnc1)Cc1cccnc1)c1ccc2c(c1)CCNCC2. The third-order valence-electron chi connectivity index (χ3n) is 5.78. The van der Waals surface area contributed by atoms with Crippen LogP contribution in [0.5, 0.6) is 0 Å². The van der Waals surface area contributed by atoms with Crippen LogP contribution in [0.1, 0.15) is 45.5 Å². The number of amides is 1.